The Kier molecular flexibility index (Phi) is 7.55. The molecule has 1 fully saturated rings. The first-order chi connectivity index (χ1) is 14.7. The molecule has 0 spiro atoms. The number of nitrogens with zero attached hydrogens (tertiary/aromatic N) is 1. The number of imide groups is 1. The maximum atomic E-state index is 13.8. The second kappa shape index (κ2) is 9.97. The molecule has 0 radical (unpaired) electrons. The molecule has 6 nitrogen and oxygen atoms in total. The molecule has 2 amide bonds. The molecule has 2 aromatic carbocycles. The van der Waals surface area contributed by atoms with E-state index >= 15 is 0 Å². The molecule has 2 aromatic rings. The monoisotopic (exact) mass is 571 g/mol. The first-order valence-electron chi connectivity index (χ1n) is 8.93. The van der Waals surface area contributed by atoms with Gasteiger partial charge < -0.3 is 9.47 Å². The summed E-state index contributed by atoms with van der Waals surface area (Å²) in [6.07, 6.45) is 1.55. The Hall–Kier alpha value is -2.17. The van der Waals surface area contributed by atoms with Crippen LogP contribution >= 0.6 is 43.6 Å². The summed E-state index contributed by atoms with van der Waals surface area (Å²) in [5.41, 5.74) is 1.03. The Morgan fingerprint density at radius 1 is 1.23 bits per heavy atom. The van der Waals surface area contributed by atoms with E-state index < -0.39 is 23.2 Å². The number of rotatable bonds is 6. The van der Waals surface area contributed by atoms with Gasteiger partial charge in [0.15, 0.2) is 0 Å². The summed E-state index contributed by atoms with van der Waals surface area (Å²) in [5.74, 6) is -1.14. The van der Waals surface area contributed by atoms with Crippen LogP contribution in [0.15, 0.2) is 50.2 Å². The van der Waals surface area contributed by atoms with Crippen molar-refractivity contribution in [2.75, 3.05) is 7.11 Å². The van der Waals surface area contributed by atoms with Crippen molar-refractivity contribution in [3.05, 3.63) is 67.2 Å². The Morgan fingerprint density at radius 2 is 1.87 bits per heavy atom. The van der Waals surface area contributed by atoms with E-state index in [1.807, 2.05) is 0 Å². The van der Waals surface area contributed by atoms with Crippen molar-refractivity contribution in [2.24, 2.45) is 0 Å². The Labute approximate surface area is 199 Å². The highest BCUT2D eigenvalue weighted by atomic mass is 79.9. The van der Waals surface area contributed by atoms with E-state index in [0.717, 1.165) is 16.7 Å². The first-order valence-corrected chi connectivity index (χ1v) is 11.3. The van der Waals surface area contributed by atoms with Gasteiger partial charge in [-0.2, -0.15) is 0 Å². The third-order valence-corrected chi connectivity index (χ3v) is 6.46. The number of carbonyl (C=O) groups excluding carboxylic acids is 3. The van der Waals surface area contributed by atoms with E-state index in [1.54, 1.807) is 36.4 Å². The van der Waals surface area contributed by atoms with Gasteiger partial charge in [-0.3, -0.25) is 14.5 Å². The van der Waals surface area contributed by atoms with Crippen LogP contribution < -0.4 is 4.74 Å². The molecule has 0 aliphatic carbocycles. The van der Waals surface area contributed by atoms with Gasteiger partial charge in [0, 0.05) is 5.56 Å². The number of ether oxygens (including phenoxy) is 2. The van der Waals surface area contributed by atoms with Crippen LogP contribution in [0.4, 0.5) is 9.18 Å². The molecule has 0 bridgehead atoms. The molecule has 3 rings (SSSR count). The number of thioether (sulfide) groups is 1. The van der Waals surface area contributed by atoms with Gasteiger partial charge in [0.25, 0.3) is 11.1 Å². The minimum Gasteiger partial charge on any atom is -0.486 e. The summed E-state index contributed by atoms with van der Waals surface area (Å²) < 4.78 is 25.3. The zero-order chi connectivity index (χ0) is 22.7. The molecule has 1 aliphatic rings. The van der Waals surface area contributed by atoms with Crippen LogP contribution in [0.25, 0.3) is 6.08 Å². The summed E-state index contributed by atoms with van der Waals surface area (Å²) in [5, 5.41) is -0.544. The van der Waals surface area contributed by atoms with Gasteiger partial charge in [0.05, 0.1) is 21.0 Å². The van der Waals surface area contributed by atoms with Crippen molar-refractivity contribution >= 4 is 66.8 Å². The molecule has 0 unspecified atom stereocenters. The van der Waals surface area contributed by atoms with Gasteiger partial charge in [-0.05, 0) is 80.4 Å². The summed E-state index contributed by atoms with van der Waals surface area (Å²) in [7, 11) is 1.19. The second-order valence-electron chi connectivity index (χ2n) is 6.44. The molecule has 1 aliphatic heterocycles. The molecule has 31 heavy (non-hydrogen) atoms. The third kappa shape index (κ3) is 5.19. The molecule has 0 saturated carbocycles. The van der Waals surface area contributed by atoms with Crippen LogP contribution in [-0.2, 0) is 20.9 Å². The molecule has 162 valence electrons. The van der Waals surface area contributed by atoms with Crippen molar-refractivity contribution in [2.45, 2.75) is 19.6 Å². The number of hydrogen-bond acceptors (Lipinski definition) is 6. The summed E-state index contributed by atoms with van der Waals surface area (Å²) >= 11 is 7.59. The Balaban J connectivity index is 1.80. The van der Waals surface area contributed by atoms with E-state index in [9.17, 15) is 18.8 Å². The second-order valence-corrected chi connectivity index (χ2v) is 9.15. The SMILES string of the molecule is COC(=O)[C@@H](C)N1C(=O)S/C(=C/c2cc(Br)c(OCc3ccccc3F)c(Br)c2)C1=O. The molecular weight excluding hydrogens is 557 g/mol. The van der Waals surface area contributed by atoms with Gasteiger partial charge in [0.2, 0.25) is 0 Å². The van der Waals surface area contributed by atoms with E-state index in [1.165, 1.54) is 20.1 Å². The lowest BCUT2D eigenvalue weighted by atomic mass is 10.2. The first kappa shape index (κ1) is 23.5. The molecule has 0 N–H and O–H groups in total. The summed E-state index contributed by atoms with van der Waals surface area (Å²) in [4.78, 5) is 37.6. The normalized spacial score (nSPS) is 16.0. The van der Waals surface area contributed by atoms with Crippen LogP contribution in [0.1, 0.15) is 18.1 Å². The quantitative estimate of drug-likeness (QED) is 0.335. The fourth-order valence-electron chi connectivity index (χ4n) is 2.81. The van der Waals surface area contributed by atoms with Crippen LogP contribution in [-0.4, -0.2) is 35.2 Å². The number of benzene rings is 2. The van der Waals surface area contributed by atoms with Crippen molar-refractivity contribution in [3.8, 4) is 5.75 Å². The highest BCUT2D eigenvalue weighted by Crippen LogP contribution is 2.38. The molecule has 0 aromatic heterocycles. The largest absolute Gasteiger partial charge is 0.486 e. The summed E-state index contributed by atoms with van der Waals surface area (Å²) in [6, 6.07) is 8.72. The lowest BCUT2D eigenvalue weighted by molar-refractivity contribution is -0.148. The molecule has 1 heterocycles. The van der Waals surface area contributed by atoms with Crippen molar-refractivity contribution in [3.63, 3.8) is 0 Å². The molecule has 1 saturated heterocycles. The Morgan fingerprint density at radius 3 is 2.48 bits per heavy atom. The maximum absolute atomic E-state index is 13.8. The average molecular weight is 573 g/mol. The molecular formula is C21H16Br2FNO5S. The zero-order valence-corrected chi connectivity index (χ0v) is 20.3. The molecule has 10 heteroatoms. The van der Waals surface area contributed by atoms with Gasteiger partial charge in [-0.15, -0.1) is 0 Å². The zero-order valence-electron chi connectivity index (χ0n) is 16.4. The van der Waals surface area contributed by atoms with Crippen molar-refractivity contribution in [1.82, 2.24) is 4.90 Å². The lowest BCUT2D eigenvalue weighted by Crippen LogP contribution is -2.42. The van der Waals surface area contributed by atoms with Crippen molar-refractivity contribution < 1.29 is 28.2 Å². The van der Waals surface area contributed by atoms with E-state index in [-0.39, 0.29) is 17.3 Å². The van der Waals surface area contributed by atoms with E-state index in [4.69, 9.17) is 4.74 Å². The van der Waals surface area contributed by atoms with Gasteiger partial charge >= 0.3 is 5.97 Å². The fraction of sp³-hybridized carbons (Fsp3) is 0.190. The van der Waals surface area contributed by atoms with E-state index in [2.05, 4.69) is 36.6 Å². The minimum atomic E-state index is -1.02. The average Bonchev–Trinajstić information content (AvgIpc) is 3.00. The lowest BCUT2D eigenvalue weighted by Gasteiger charge is -2.18. The van der Waals surface area contributed by atoms with Crippen LogP contribution in [0, 0.1) is 5.82 Å². The number of esters is 1. The predicted octanol–water partition coefficient (Wildman–Crippen LogP) is 5.53. The predicted molar refractivity (Wildman–Crippen MR) is 122 cm³/mol. The minimum absolute atomic E-state index is 0.0352. The maximum Gasteiger partial charge on any atom is 0.328 e. The number of halogens is 3. The molecule has 1 atom stereocenters. The van der Waals surface area contributed by atoms with Gasteiger partial charge in [-0.25, -0.2) is 9.18 Å². The number of amides is 2. The smallest absolute Gasteiger partial charge is 0.328 e. The fourth-order valence-corrected chi connectivity index (χ4v) is 5.17. The highest BCUT2D eigenvalue weighted by molar-refractivity contribution is 9.11. The van der Waals surface area contributed by atoms with Crippen LogP contribution in [0.3, 0.4) is 0 Å². The number of carbonyl (C=O) groups is 3. The highest BCUT2D eigenvalue weighted by Gasteiger charge is 2.41. The van der Waals surface area contributed by atoms with E-state index in [0.29, 0.717) is 25.8 Å². The van der Waals surface area contributed by atoms with Crippen LogP contribution in [0.5, 0.6) is 5.75 Å². The Bertz CT molecular complexity index is 1070. The summed E-state index contributed by atoms with van der Waals surface area (Å²) in [6.45, 7) is 1.47. The topological polar surface area (TPSA) is 72.9 Å². The van der Waals surface area contributed by atoms with Gasteiger partial charge in [-0.1, -0.05) is 18.2 Å². The van der Waals surface area contributed by atoms with Crippen molar-refractivity contribution in [1.29, 1.82) is 0 Å². The standard InChI is InChI=1S/C21H16Br2FNO5S/c1-11(20(27)29-2)25-19(26)17(31-21(25)28)9-12-7-14(22)18(15(23)8-12)30-10-13-5-3-4-6-16(13)24/h3-9,11H,10H2,1-2H3/b17-9+/t11-/m1/s1. The van der Waals surface area contributed by atoms with Gasteiger partial charge in [0.1, 0.15) is 24.2 Å². The third-order valence-electron chi connectivity index (χ3n) is 4.40. The van der Waals surface area contributed by atoms with Crippen LogP contribution in [0.2, 0.25) is 0 Å². The number of hydrogen-bond donors (Lipinski definition) is 0. The number of methoxy groups -OCH3 is 1.